The van der Waals surface area contributed by atoms with Crippen molar-refractivity contribution in [1.82, 2.24) is 10.3 Å². The highest BCUT2D eigenvalue weighted by atomic mass is 32.2. The average molecular weight is 242 g/mol. The molecule has 15 heavy (non-hydrogen) atoms. The lowest BCUT2D eigenvalue weighted by Gasteiger charge is -2.40. The highest BCUT2D eigenvalue weighted by Crippen LogP contribution is 2.42. The molecule has 1 aliphatic rings. The first-order chi connectivity index (χ1) is 7.24. The van der Waals surface area contributed by atoms with Crippen molar-refractivity contribution in [3.05, 3.63) is 16.1 Å². The van der Waals surface area contributed by atoms with Crippen molar-refractivity contribution in [2.45, 2.75) is 37.5 Å². The SMILES string of the molecule is CSC1(CNCc2nc(C)cs2)CCC1. The molecular formula is C11H18N2S2. The maximum Gasteiger partial charge on any atom is 0.107 e. The van der Waals surface area contributed by atoms with Crippen LogP contribution in [0.25, 0.3) is 0 Å². The Hall–Kier alpha value is -0.0600. The lowest BCUT2D eigenvalue weighted by atomic mass is 9.84. The molecule has 4 heteroatoms. The molecule has 2 nitrogen and oxygen atoms in total. The number of nitrogens with zero attached hydrogens (tertiary/aromatic N) is 1. The first-order valence-electron chi connectivity index (χ1n) is 5.41. The van der Waals surface area contributed by atoms with Gasteiger partial charge < -0.3 is 5.32 Å². The van der Waals surface area contributed by atoms with Crippen molar-refractivity contribution in [2.75, 3.05) is 12.8 Å². The minimum absolute atomic E-state index is 0.534. The lowest BCUT2D eigenvalue weighted by Crippen LogP contribution is -2.43. The molecule has 84 valence electrons. The van der Waals surface area contributed by atoms with Crippen LogP contribution in [-0.4, -0.2) is 22.5 Å². The highest BCUT2D eigenvalue weighted by Gasteiger charge is 2.35. The monoisotopic (exact) mass is 242 g/mol. The maximum absolute atomic E-state index is 4.45. The van der Waals surface area contributed by atoms with E-state index in [-0.39, 0.29) is 0 Å². The number of aromatic nitrogens is 1. The minimum atomic E-state index is 0.534. The molecule has 0 spiro atoms. The molecule has 0 bridgehead atoms. The summed E-state index contributed by atoms with van der Waals surface area (Å²) < 4.78 is 0.534. The van der Waals surface area contributed by atoms with Crippen molar-refractivity contribution in [3.63, 3.8) is 0 Å². The summed E-state index contributed by atoms with van der Waals surface area (Å²) in [6.45, 7) is 4.11. The number of nitrogens with one attached hydrogen (secondary N) is 1. The summed E-state index contributed by atoms with van der Waals surface area (Å²) in [5, 5.41) is 6.86. The Bertz CT molecular complexity index is 313. The van der Waals surface area contributed by atoms with Crippen LogP contribution in [0.15, 0.2) is 5.38 Å². The van der Waals surface area contributed by atoms with Gasteiger partial charge in [-0.25, -0.2) is 4.98 Å². The fourth-order valence-corrected chi connectivity index (χ4v) is 3.59. The zero-order chi connectivity index (χ0) is 10.7. The Morgan fingerprint density at radius 2 is 2.40 bits per heavy atom. The number of rotatable bonds is 5. The van der Waals surface area contributed by atoms with Crippen molar-refractivity contribution in [2.24, 2.45) is 0 Å². The Labute approximate surface area is 99.9 Å². The van der Waals surface area contributed by atoms with Gasteiger partial charge in [0.1, 0.15) is 5.01 Å². The van der Waals surface area contributed by atoms with Crippen molar-refractivity contribution < 1.29 is 0 Å². The molecule has 1 aromatic rings. The van der Waals surface area contributed by atoms with Crippen LogP contribution in [0.1, 0.15) is 30.0 Å². The molecule has 1 fully saturated rings. The second-order valence-corrected chi connectivity index (χ2v) is 6.44. The van der Waals surface area contributed by atoms with Crippen LogP contribution >= 0.6 is 23.1 Å². The maximum atomic E-state index is 4.45. The molecule has 0 atom stereocenters. The standard InChI is InChI=1S/C11H18N2S2/c1-9-7-15-10(13-9)6-12-8-11(14-2)4-3-5-11/h7,12H,3-6,8H2,1-2H3. The van der Waals surface area contributed by atoms with Gasteiger partial charge in [0.2, 0.25) is 0 Å². The largest absolute Gasteiger partial charge is 0.309 e. The molecule has 1 N–H and O–H groups in total. The molecule has 0 saturated heterocycles. The van der Waals surface area contributed by atoms with Gasteiger partial charge >= 0.3 is 0 Å². The van der Waals surface area contributed by atoms with Crippen LogP contribution in [0.5, 0.6) is 0 Å². The van der Waals surface area contributed by atoms with E-state index < -0.39 is 0 Å². The van der Waals surface area contributed by atoms with Crippen LogP contribution in [0.4, 0.5) is 0 Å². The summed E-state index contributed by atoms with van der Waals surface area (Å²) in [6.07, 6.45) is 6.38. The second kappa shape index (κ2) is 4.85. The number of thioether (sulfide) groups is 1. The molecule has 1 aromatic heterocycles. The third-order valence-corrected chi connectivity index (χ3v) is 5.47. The molecule has 0 unspecified atom stereocenters. The van der Waals surface area contributed by atoms with Crippen molar-refractivity contribution >= 4 is 23.1 Å². The number of hydrogen-bond acceptors (Lipinski definition) is 4. The molecule has 1 heterocycles. The molecule has 0 radical (unpaired) electrons. The normalized spacial score (nSPS) is 18.8. The van der Waals surface area contributed by atoms with E-state index in [2.05, 4.69) is 28.9 Å². The van der Waals surface area contributed by atoms with E-state index in [1.807, 2.05) is 11.8 Å². The average Bonchev–Trinajstić information content (AvgIpc) is 2.56. The van der Waals surface area contributed by atoms with E-state index in [0.717, 1.165) is 18.8 Å². The van der Waals surface area contributed by atoms with Gasteiger partial charge in [0, 0.05) is 28.9 Å². The molecule has 2 rings (SSSR count). The van der Waals surface area contributed by atoms with E-state index >= 15 is 0 Å². The van der Waals surface area contributed by atoms with E-state index in [0.29, 0.717) is 4.75 Å². The minimum Gasteiger partial charge on any atom is -0.309 e. The zero-order valence-electron chi connectivity index (χ0n) is 9.38. The van der Waals surface area contributed by atoms with Gasteiger partial charge in [-0.3, -0.25) is 0 Å². The van der Waals surface area contributed by atoms with Crippen molar-refractivity contribution in [3.8, 4) is 0 Å². The Morgan fingerprint density at radius 3 is 2.87 bits per heavy atom. The Kier molecular flexibility index (Phi) is 3.69. The predicted octanol–water partition coefficient (Wildman–Crippen LogP) is 2.83. The van der Waals surface area contributed by atoms with Gasteiger partial charge in [-0.15, -0.1) is 11.3 Å². The smallest absolute Gasteiger partial charge is 0.107 e. The topological polar surface area (TPSA) is 24.9 Å². The first kappa shape index (κ1) is 11.4. The third-order valence-electron chi connectivity index (χ3n) is 3.09. The zero-order valence-corrected chi connectivity index (χ0v) is 11.0. The predicted molar refractivity (Wildman–Crippen MR) is 68.7 cm³/mol. The van der Waals surface area contributed by atoms with Crippen molar-refractivity contribution in [1.29, 1.82) is 0 Å². The van der Waals surface area contributed by atoms with Gasteiger partial charge in [-0.1, -0.05) is 6.42 Å². The van der Waals surface area contributed by atoms with E-state index in [1.54, 1.807) is 11.3 Å². The molecule has 1 aliphatic carbocycles. The van der Waals surface area contributed by atoms with Crippen LogP contribution < -0.4 is 5.32 Å². The van der Waals surface area contributed by atoms with Gasteiger partial charge in [0.05, 0.1) is 0 Å². The van der Waals surface area contributed by atoms with E-state index in [9.17, 15) is 0 Å². The number of thiazole rings is 1. The Morgan fingerprint density at radius 1 is 1.60 bits per heavy atom. The molecule has 0 aromatic carbocycles. The van der Waals surface area contributed by atoms with Crippen LogP contribution in [0.2, 0.25) is 0 Å². The fourth-order valence-electron chi connectivity index (χ4n) is 1.91. The molecule has 0 aliphatic heterocycles. The summed E-state index contributed by atoms with van der Waals surface area (Å²) in [7, 11) is 0. The lowest BCUT2D eigenvalue weighted by molar-refractivity contribution is 0.345. The molecule has 1 saturated carbocycles. The summed E-state index contributed by atoms with van der Waals surface area (Å²) in [5.41, 5.74) is 1.14. The summed E-state index contributed by atoms with van der Waals surface area (Å²) >= 11 is 3.77. The van der Waals surface area contributed by atoms with Gasteiger partial charge in [0.25, 0.3) is 0 Å². The second-order valence-electron chi connectivity index (χ2n) is 4.23. The number of aryl methyl sites for hydroxylation is 1. The summed E-state index contributed by atoms with van der Waals surface area (Å²) in [4.78, 5) is 4.45. The third kappa shape index (κ3) is 2.74. The van der Waals surface area contributed by atoms with Gasteiger partial charge in [-0.05, 0) is 26.0 Å². The fraction of sp³-hybridized carbons (Fsp3) is 0.727. The van der Waals surface area contributed by atoms with E-state index in [4.69, 9.17) is 0 Å². The molecule has 0 amide bonds. The first-order valence-corrected chi connectivity index (χ1v) is 7.51. The van der Waals surface area contributed by atoms with Crippen LogP contribution in [0.3, 0.4) is 0 Å². The van der Waals surface area contributed by atoms with Crippen LogP contribution in [-0.2, 0) is 6.54 Å². The molecular weight excluding hydrogens is 224 g/mol. The quantitative estimate of drug-likeness (QED) is 0.859. The number of hydrogen-bond donors (Lipinski definition) is 1. The van der Waals surface area contributed by atoms with Crippen LogP contribution in [0, 0.1) is 6.92 Å². The Balaban J connectivity index is 1.74. The summed E-state index contributed by atoms with van der Waals surface area (Å²) in [5.74, 6) is 0. The summed E-state index contributed by atoms with van der Waals surface area (Å²) in [6, 6.07) is 0. The van der Waals surface area contributed by atoms with Gasteiger partial charge in [0.15, 0.2) is 0 Å². The highest BCUT2D eigenvalue weighted by molar-refractivity contribution is 8.00. The van der Waals surface area contributed by atoms with E-state index in [1.165, 1.54) is 24.3 Å². The van der Waals surface area contributed by atoms with Gasteiger partial charge in [-0.2, -0.15) is 11.8 Å².